The maximum Gasteiger partial charge on any atom is 0.222 e. The number of aliphatic hydroxyl groups is 1. The fraction of sp³-hybridized carbons (Fsp3) is 0.429. The molecule has 0 aliphatic carbocycles. The van der Waals surface area contributed by atoms with Crippen LogP contribution in [0.15, 0.2) is 12.4 Å². The van der Waals surface area contributed by atoms with Gasteiger partial charge in [-0.2, -0.15) is 0 Å². The first-order valence-corrected chi connectivity index (χ1v) is 3.78. The van der Waals surface area contributed by atoms with Gasteiger partial charge >= 0.3 is 0 Å². The molecule has 0 bridgehead atoms. The molecule has 0 saturated heterocycles. The zero-order valence-corrected chi connectivity index (χ0v) is 6.75. The molecule has 0 radical (unpaired) electrons. The van der Waals surface area contributed by atoms with Crippen molar-refractivity contribution in [3.8, 4) is 0 Å². The second-order valence-electron chi connectivity index (χ2n) is 2.19. The Morgan fingerprint density at radius 2 is 2.00 bits per heavy atom. The Kier molecular flexibility index (Phi) is 3.26. The zero-order valence-electron chi connectivity index (χ0n) is 6.00. The molecular formula is C7H9ClN2O. The van der Waals surface area contributed by atoms with Crippen LogP contribution in [0.5, 0.6) is 0 Å². The van der Waals surface area contributed by atoms with Crippen molar-refractivity contribution in [2.24, 2.45) is 0 Å². The van der Waals surface area contributed by atoms with E-state index in [1.54, 1.807) is 12.4 Å². The standard InChI is InChI=1S/C7H9ClN2O/c8-7-9-4-6(5-10-7)2-1-3-11/h4-5,11H,1-3H2. The summed E-state index contributed by atoms with van der Waals surface area (Å²) < 4.78 is 0. The molecule has 0 spiro atoms. The molecule has 0 aliphatic rings. The largest absolute Gasteiger partial charge is 0.396 e. The average Bonchev–Trinajstić information content (AvgIpc) is 2.04. The lowest BCUT2D eigenvalue weighted by Gasteiger charge is -1.96. The lowest BCUT2D eigenvalue weighted by atomic mass is 10.2. The first-order valence-electron chi connectivity index (χ1n) is 3.40. The van der Waals surface area contributed by atoms with E-state index in [-0.39, 0.29) is 11.9 Å². The summed E-state index contributed by atoms with van der Waals surface area (Å²) >= 11 is 5.47. The van der Waals surface area contributed by atoms with Gasteiger partial charge in [-0.3, -0.25) is 0 Å². The van der Waals surface area contributed by atoms with Crippen LogP contribution in [0.25, 0.3) is 0 Å². The number of rotatable bonds is 3. The Morgan fingerprint density at radius 3 is 2.55 bits per heavy atom. The van der Waals surface area contributed by atoms with Crippen LogP contribution >= 0.6 is 11.6 Å². The maximum atomic E-state index is 8.52. The smallest absolute Gasteiger partial charge is 0.222 e. The molecule has 0 aliphatic heterocycles. The first-order chi connectivity index (χ1) is 5.33. The summed E-state index contributed by atoms with van der Waals surface area (Å²) in [6.45, 7) is 0.197. The molecule has 0 unspecified atom stereocenters. The normalized spacial score (nSPS) is 10.0. The van der Waals surface area contributed by atoms with Crippen molar-refractivity contribution in [2.45, 2.75) is 12.8 Å². The van der Waals surface area contributed by atoms with Gasteiger partial charge < -0.3 is 5.11 Å². The summed E-state index contributed by atoms with van der Waals surface area (Å²) in [5.74, 6) is 0. The molecule has 0 saturated carbocycles. The molecule has 1 aromatic rings. The second kappa shape index (κ2) is 4.26. The van der Waals surface area contributed by atoms with Gasteiger partial charge in [0.15, 0.2) is 0 Å². The van der Waals surface area contributed by atoms with Crippen molar-refractivity contribution >= 4 is 11.6 Å². The van der Waals surface area contributed by atoms with E-state index in [1.165, 1.54) is 0 Å². The van der Waals surface area contributed by atoms with Gasteiger partial charge in [0.2, 0.25) is 5.28 Å². The van der Waals surface area contributed by atoms with E-state index < -0.39 is 0 Å². The number of hydrogen-bond donors (Lipinski definition) is 1. The van der Waals surface area contributed by atoms with Crippen molar-refractivity contribution < 1.29 is 5.11 Å². The number of aromatic nitrogens is 2. The van der Waals surface area contributed by atoms with Gasteiger partial charge in [0.25, 0.3) is 0 Å². The molecule has 1 aromatic heterocycles. The second-order valence-corrected chi connectivity index (χ2v) is 2.53. The van der Waals surface area contributed by atoms with Crippen molar-refractivity contribution in [2.75, 3.05) is 6.61 Å². The minimum absolute atomic E-state index is 0.197. The van der Waals surface area contributed by atoms with Crippen LogP contribution in [-0.4, -0.2) is 21.7 Å². The molecule has 1 N–H and O–H groups in total. The topological polar surface area (TPSA) is 46.0 Å². The van der Waals surface area contributed by atoms with Crippen molar-refractivity contribution in [3.63, 3.8) is 0 Å². The van der Waals surface area contributed by atoms with Gasteiger partial charge in [0, 0.05) is 19.0 Å². The number of nitrogens with zero attached hydrogens (tertiary/aromatic N) is 2. The predicted molar refractivity (Wildman–Crippen MR) is 42.4 cm³/mol. The van der Waals surface area contributed by atoms with Crippen LogP contribution in [0, 0.1) is 0 Å². The Balaban J connectivity index is 2.52. The number of halogens is 1. The molecule has 1 heterocycles. The van der Waals surface area contributed by atoms with E-state index in [1.807, 2.05) is 0 Å². The Morgan fingerprint density at radius 1 is 1.36 bits per heavy atom. The van der Waals surface area contributed by atoms with Gasteiger partial charge in [0.1, 0.15) is 0 Å². The summed E-state index contributed by atoms with van der Waals surface area (Å²) in [4.78, 5) is 7.61. The van der Waals surface area contributed by atoms with Crippen LogP contribution in [-0.2, 0) is 6.42 Å². The molecule has 4 heteroatoms. The van der Waals surface area contributed by atoms with Crippen molar-refractivity contribution in [1.29, 1.82) is 0 Å². The summed E-state index contributed by atoms with van der Waals surface area (Å²) in [5, 5.41) is 8.78. The number of aliphatic hydroxyl groups excluding tert-OH is 1. The quantitative estimate of drug-likeness (QED) is 0.694. The highest BCUT2D eigenvalue weighted by Crippen LogP contribution is 2.02. The third-order valence-electron chi connectivity index (χ3n) is 1.30. The lowest BCUT2D eigenvalue weighted by Crippen LogP contribution is -1.91. The third-order valence-corrected chi connectivity index (χ3v) is 1.49. The minimum atomic E-state index is 0.197. The molecule has 60 valence electrons. The molecule has 0 fully saturated rings. The summed E-state index contributed by atoms with van der Waals surface area (Å²) in [6, 6.07) is 0. The monoisotopic (exact) mass is 172 g/mol. The molecule has 1 rings (SSSR count). The predicted octanol–water partition coefficient (Wildman–Crippen LogP) is 1.05. The van der Waals surface area contributed by atoms with E-state index in [9.17, 15) is 0 Å². The van der Waals surface area contributed by atoms with Gasteiger partial charge in [-0.1, -0.05) is 0 Å². The third kappa shape index (κ3) is 2.82. The van der Waals surface area contributed by atoms with Crippen molar-refractivity contribution in [1.82, 2.24) is 9.97 Å². The molecular weight excluding hydrogens is 164 g/mol. The molecule has 0 aromatic carbocycles. The number of hydrogen-bond acceptors (Lipinski definition) is 3. The van der Waals surface area contributed by atoms with Crippen LogP contribution < -0.4 is 0 Å². The molecule has 0 amide bonds. The van der Waals surface area contributed by atoms with Crippen molar-refractivity contribution in [3.05, 3.63) is 23.2 Å². The van der Waals surface area contributed by atoms with Crippen LogP contribution in [0.4, 0.5) is 0 Å². The van der Waals surface area contributed by atoms with E-state index in [2.05, 4.69) is 9.97 Å². The molecule has 0 atom stereocenters. The highest BCUT2D eigenvalue weighted by molar-refractivity contribution is 6.28. The fourth-order valence-corrected chi connectivity index (χ4v) is 0.849. The van der Waals surface area contributed by atoms with E-state index in [4.69, 9.17) is 16.7 Å². The van der Waals surface area contributed by atoms with E-state index in [0.29, 0.717) is 0 Å². The Bertz CT molecular complexity index is 212. The van der Waals surface area contributed by atoms with E-state index >= 15 is 0 Å². The first kappa shape index (κ1) is 8.43. The highest BCUT2D eigenvalue weighted by Gasteiger charge is 1.93. The van der Waals surface area contributed by atoms with E-state index in [0.717, 1.165) is 18.4 Å². The van der Waals surface area contributed by atoms with Crippen LogP contribution in [0.1, 0.15) is 12.0 Å². The lowest BCUT2D eigenvalue weighted by molar-refractivity contribution is 0.288. The highest BCUT2D eigenvalue weighted by atomic mass is 35.5. The Labute approximate surface area is 70.1 Å². The van der Waals surface area contributed by atoms with Gasteiger partial charge in [0.05, 0.1) is 0 Å². The van der Waals surface area contributed by atoms with Crippen LogP contribution in [0.3, 0.4) is 0 Å². The van der Waals surface area contributed by atoms with Gasteiger partial charge in [-0.25, -0.2) is 9.97 Å². The average molecular weight is 173 g/mol. The number of aryl methyl sites for hydroxylation is 1. The fourth-order valence-electron chi connectivity index (χ4n) is 0.751. The Hall–Kier alpha value is -0.670. The summed E-state index contributed by atoms with van der Waals surface area (Å²) in [6.07, 6.45) is 4.88. The van der Waals surface area contributed by atoms with Crippen LogP contribution in [0.2, 0.25) is 5.28 Å². The molecule has 3 nitrogen and oxygen atoms in total. The summed E-state index contributed by atoms with van der Waals surface area (Å²) in [5.41, 5.74) is 1.00. The van der Waals surface area contributed by atoms with Gasteiger partial charge in [-0.15, -0.1) is 0 Å². The molecule has 11 heavy (non-hydrogen) atoms. The zero-order chi connectivity index (χ0) is 8.10. The SMILES string of the molecule is OCCCc1cnc(Cl)nc1. The maximum absolute atomic E-state index is 8.52. The minimum Gasteiger partial charge on any atom is -0.396 e. The van der Waals surface area contributed by atoms with Gasteiger partial charge in [-0.05, 0) is 30.0 Å². The summed E-state index contributed by atoms with van der Waals surface area (Å²) in [7, 11) is 0.